The predicted octanol–water partition coefficient (Wildman–Crippen LogP) is 1.57. The van der Waals surface area contributed by atoms with E-state index in [2.05, 4.69) is 29.8 Å². The second-order valence-electron chi connectivity index (χ2n) is 2.80. The zero-order valence-electron chi connectivity index (χ0n) is 7.42. The second-order valence-corrected chi connectivity index (χ2v) is 3.83. The van der Waals surface area contributed by atoms with Gasteiger partial charge in [0, 0.05) is 24.0 Å². The minimum absolute atomic E-state index is 0.465. The van der Waals surface area contributed by atoms with Gasteiger partial charge in [-0.3, -0.25) is 0 Å². The average Bonchev–Trinajstić information content (AvgIpc) is 2.59. The summed E-state index contributed by atoms with van der Waals surface area (Å²) in [5, 5.41) is 5.50. The highest BCUT2D eigenvalue weighted by molar-refractivity contribution is 7.09. The van der Waals surface area contributed by atoms with Gasteiger partial charge in [-0.1, -0.05) is 13.0 Å². The molecule has 0 spiro atoms. The van der Waals surface area contributed by atoms with Crippen molar-refractivity contribution in [3.05, 3.63) is 22.4 Å². The molecule has 0 saturated carbocycles. The van der Waals surface area contributed by atoms with Crippen molar-refractivity contribution < 1.29 is 0 Å². The lowest BCUT2D eigenvalue weighted by molar-refractivity contribution is 0.508. The van der Waals surface area contributed by atoms with Crippen LogP contribution in [0.25, 0.3) is 0 Å². The van der Waals surface area contributed by atoms with Crippen molar-refractivity contribution in [2.45, 2.75) is 25.9 Å². The third kappa shape index (κ3) is 2.93. The lowest BCUT2D eigenvalue weighted by Crippen LogP contribution is -2.34. The van der Waals surface area contributed by atoms with Crippen molar-refractivity contribution in [3.63, 3.8) is 0 Å². The summed E-state index contributed by atoms with van der Waals surface area (Å²) in [4.78, 5) is 1.38. The SMILES string of the molecule is CCC(CN)NCc1cccs1. The summed E-state index contributed by atoms with van der Waals surface area (Å²) in [5.74, 6) is 0. The molecule has 1 aromatic heterocycles. The van der Waals surface area contributed by atoms with E-state index in [1.54, 1.807) is 11.3 Å². The third-order valence-corrected chi connectivity index (χ3v) is 2.80. The van der Waals surface area contributed by atoms with Crippen molar-refractivity contribution >= 4 is 11.3 Å². The number of hydrogen-bond acceptors (Lipinski definition) is 3. The summed E-state index contributed by atoms with van der Waals surface area (Å²) in [6, 6.07) is 4.68. The highest BCUT2D eigenvalue weighted by Gasteiger charge is 2.01. The van der Waals surface area contributed by atoms with Gasteiger partial charge in [0.05, 0.1) is 0 Å². The van der Waals surface area contributed by atoms with Crippen LogP contribution in [0.5, 0.6) is 0 Å². The molecule has 1 heterocycles. The van der Waals surface area contributed by atoms with E-state index in [9.17, 15) is 0 Å². The molecule has 0 aromatic carbocycles. The molecule has 1 rings (SSSR count). The van der Waals surface area contributed by atoms with Gasteiger partial charge in [-0.25, -0.2) is 0 Å². The first-order valence-corrected chi connectivity index (χ1v) is 5.20. The minimum Gasteiger partial charge on any atom is -0.329 e. The van der Waals surface area contributed by atoms with Gasteiger partial charge in [0.15, 0.2) is 0 Å². The monoisotopic (exact) mass is 184 g/mol. The lowest BCUT2D eigenvalue weighted by atomic mass is 10.2. The Kier molecular flexibility index (Phi) is 4.29. The molecule has 0 aliphatic rings. The predicted molar refractivity (Wildman–Crippen MR) is 54.3 cm³/mol. The van der Waals surface area contributed by atoms with E-state index >= 15 is 0 Å². The molecule has 0 amide bonds. The Balaban J connectivity index is 2.25. The molecule has 3 heteroatoms. The van der Waals surface area contributed by atoms with Crippen LogP contribution in [0.1, 0.15) is 18.2 Å². The van der Waals surface area contributed by atoms with Crippen LogP contribution in [0.3, 0.4) is 0 Å². The molecule has 3 N–H and O–H groups in total. The molecular weight excluding hydrogens is 168 g/mol. The fourth-order valence-corrected chi connectivity index (χ4v) is 1.71. The first-order valence-electron chi connectivity index (χ1n) is 4.32. The molecule has 2 nitrogen and oxygen atoms in total. The topological polar surface area (TPSA) is 38.0 Å². The molecule has 0 saturated heterocycles. The molecule has 0 aliphatic carbocycles. The third-order valence-electron chi connectivity index (χ3n) is 1.92. The van der Waals surface area contributed by atoms with E-state index in [-0.39, 0.29) is 0 Å². The summed E-state index contributed by atoms with van der Waals surface area (Å²) in [7, 11) is 0. The van der Waals surface area contributed by atoms with E-state index in [1.165, 1.54) is 4.88 Å². The minimum atomic E-state index is 0.465. The average molecular weight is 184 g/mol. The molecule has 12 heavy (non-hydrogen) atoms. The van der Waals surface area contributed by atoms with Crippen molar-refractivity contribution in [3.8, 4) is 0 Å². The summed E-state index contributed by atoms with van der Waals surface area (Å²) >= 11 is 1.78. The van der Waals surface area contributed by atoms with Crippen LogP contribution in [0, 0.1) is 0 Å². The largest absolute Gasteiger partial charge is 0.329 e. The van der Waals surface area contributed by atoms with E-state index in [1.807, 2.05) is 0 Å². The van der Waals surface area contributed by atoms with Gasteiger partial charge in [0.25, 0.3) is 0 Å². The zero-order valence-corrected chi connectivity index (χ0v) is 8.23. The maximum absolute atomic E-state index is 5.56. The van der Waals surface area contributed by atoms with Gasteiger partial charge in [-0.15, -0.1) is 11.3 Å². The quantitative estimate of drug-likeness (QED) is 0.729. The van der Waals surface area contributed by atoms with Gasteiger partial charge >= 0.3 is 0 Å². The first kappa shape index (κ1) is 9.71. The molecule has 0 bridgehead atoms. The summed E-state index contributed by atoms with van der Waals surface area (Å²) in [6.45, 7) is 3.83. The molecule has 1 aromatic rings. The maximum atomic E-state index is 5.56. The maximum Gasteiger partial charge on any atom is 0.0302 e. The van der Waals surface area contributed by atoms with Gasteiger partial charge < -0.3 is 11.1 Å². The highest BCUT2D eigenvalue weighted by atomic mass is 32.1. The molecule has 0 aliphatic heterocycles. The normalized spacial score (nSPS) is 13.2. The molecule has 1 atom stereocenters. The van der Waals surface area contributed by atoms with Gasteiger partial charge in [-0.2, -0.15) is 0 Å². The smallest absolute Gasteiger partial charge is 0.0302 e. The Labute approximate surface area is 77.8 Å². The Morgan fingerprint density at radius 3 is 3.00 bits per heavy atom. The van der Waals surface area contributed by atoms with Crippen LogP contribution in [0.15, 0.2) is 17.5 Å². The Bertz CT molecular complexity index is 192. The fourth-order valence-electron chi connectivity index (χ4n) is 1.05. The van der Waals surface area contributed by atoms with Crippen LogP contribution in [-0.4, -0.2) is 12.6 Å². The number of rotatable bonds is 5. The summed E-state index contributed by atoms with van der Waals surface area (Å²) in [5.41, 5.74) is 5.56. The highest BCUT2D eigenvalue weighted by Crippen LogP contribution is 2.07. The summed E-state index contributed by atoms with van der Waals surface area (Å²) in [6.07, 6.45) is 1.10. The molecule has 68 valence electrons. The van der Waals surface area contributed by atoms with E-state index in [0.29, 0.717) is 6.04 Å². The zero-order chi connectivity index (χ0) is 8.81. The van der Waals surface area contributed by atoms with Crippen molar-refractivity contribution in [2.24, 2.45) is 5.73 Å². The molecular formula is C9H16N2S. The van der Waals surface area contributed by atoms with Crippen LogP contribution >= 0.6 is 11.3 Å². The van der Waals surface area contributed by atoms with E-state index in [0.717, 1.165) is 19.5 Å². The second kappa shape index (κ2) is 5.30. The number of thiophene rings is 1. The number of nitrogens with two attached hydrogens (primary N) is 1. The Hall–Kier alpha value is -0.380. The van der Waals surface area contributed by atoms with Gasteiger partial charge in [-0.05, 0) is 17.9 Å². The van der Waals surface area contributed by atoms with E-state index < -0.39 is 0 Å². The van der Waals surface area contributed by atoms with Crippen LogP contribution in [0.2, 0.25) is 0 Å². The number of nitrogens with one attached hydrogen (secondary N) is 1. The Morgan fingerprint density at radius 1 is 1.67 bits per heavy atom. The lowest BCUT2D eigenvalue weighted by Gasteiger charge is -2.13. The van der Waals surface area contributed by atoms with Crippen LogP contribution in [-0.2, 0) is 6.54 Å². The van der Waals surface area contributed by atoms with Crippen molar-refractivity contribution in [1.29, 1.82) is 0 Å². The fraction of sp³-hybridized carbons (Fsp3) is 0.556. The molecule has 0 radical (unpaired) electrons. The first-order chi connectivity index (χ1) is 5.86. The molecule has 0 fully saturated rings. The Morgan fingerprint density at radius 2 is 2.50 bits per heavy atom. The van der Waals surface area contributed by atoms with Gasteiger partial charge in [0.1, 0.15) is 0 Å². The van der Waals surface area contributed by atoms with Crippen molar-refractivity contribution in [1.82, 2.24) is 5.32 Å². The number of hydrogen-bond donors (Lipinski definition) is 2. The standard InChI is InChI=1S/C9H16N2S/c1-2-8(6-10)11-7-9-4-3-5-12-9/h3-5,8,11H,2,6-7,10H2,1H3. The van der Waals surface area contributed by atoms with Gasteiger partial charge in [0.2, 0.25) is 0 Å². The van der Waals surface area contributed by atoms with E-state index in [4.69, 9.17) is 5.73 Å². The molecule has 1 unspecified atom stereocenters. The van der Waals surface area contributed by atoms with Crippen LogP contribution < -0.4 is 11.1 Å². The summed E-state index contributed by atoms with van der Waals surface area (Å²) < 4.78 is 0. The van der Waals surface area contributed by atoms with Crippen molar-refractivity contribution in [2.75, 3.05) is 6.54 Å². The van der Waals surface area contributed by atoms with Crippen LogP contribution in [0.4, 0.5) is 0 Å².